The highest BCUT2D eigenvalue weighted by Gasteiger charge is 2.35. The van der Waals surface area contributed by atoms with E-state index in [9.17, 15) is 14.4 Å². The summed E-state index contributed by atoms with van der Waals surface area (Å²) in [6.07, 6.45) is 3.91. The van der Waals surface area contributed by atoms with Crippen LogP contribution in [0.3, 0.4) is 0 Å². The van der Waals surface area contributed by atoms with Gasteiger partial charge in [-0.2, -0.15) is 0 Å². The first-order valence-electron chi connectivity index (χ1n) is 11.2. The van der Waals surface area contributed by atoms with Crippen LogP contribution in [0.25, 0.3) is 6.08 Å². The van der Waals surface area contributed by atoms with Gasteiger partial charge in [-0.15, -0.1) is 0 Å². The summed E-state index contributed by atoms with van der Waals surface area (Å²) in [5.41, 5.74) is 1.09. The van der Waals surface area contributed by atoms with E-state index >= 15 is 0 Å². The molecule has 1 fully saturated rings. The van der Waals surface area contributed by atoms with E-state index in [0.29, 0.717) is 52.7 Å². The zero-order valence-corrected chi connectivity index (χ0v) is 21.2. The monoisotopic (exact) mass is 542 g/mol. The van der Waals surface area contributed by atoms with Crippen LogP contribution in [0.2, 0.25) is 0 Å². The molecule has 0 unspecified atom stereocenters. The molecule has 1 aliphatic rings. The maximum Gasteiger partial charge on any atom is 0.331 e. The number of benzene rings is 2. The Bertz CT molecular complexity index is 1160. The molecule has 1 N–H and O–H groups in total. The summed E-state index contributed by atoms with van der Waals surface area (Å²) < 4.78 is 17.5. The van der Waals surface area contributed by atoms with Crippen molar-refractivity contribution in [1.29, 1.82) is 0 Å². The van der Waals surface area contributed by atoms with Crippen LogP contribution in [0.15, 0.2) is 59.1 Å². The smallest absolute Gasteiger partial charge is 0.331 e. The molecule has 1 saturated heterocycles. The summed E-state index contributed by atoms with van der Waals surface area (Å²) >= 11 is 3.42. The molecule has 35 heavy (non-hydrogen) atoms. The molecule has 0 radical (unpaired) electrons. The van der Waals surface area contributed by atoms with Crippen LogP contribution < -0.4 is 19.5 Å². The minimum Gasteiger partial charge on any atom is -0.490 e. The molecule has 0 aromatic heterocycles. The third kappa shape index (κ3) is 6.51. The first-order valence-corrected chi connectivity index (χ1v) is 12.0. The van der Waals surface area contributed by atoms with Crippen molar-refractivity contribution in [3.63, 3.8) is 0 Å². The standard InChI is InChI=1S/C26H27BrN2O6/c1-4-11-34-21-9-7-17(14-20(21)27)13-19-24(30)28-26(32)29(25(19)31)16-18-8-10-22(35-12-5-2)23(15-18)33-6-3/h4,7-10,13-15H,1,5-6,11-12,16H2,2-3H3,(H,28,30,32)/b19-13+. The topological polar surface area (TPSA) is 94.2 Å². The first-order chi connectivity index (χ1) is 16.9. The van der Waals surface area contributed by atoms with Crippen LogP contribution >= 0.6 is 15.9 Å². The lowest BCUT2D eigenvalue weighted by Crippen LogP contribution is -2.53. The first kappa shape index (κ1) is 26.0. The van der Waals surface area contributed by atoms with E-state index in [1.807, 2.05) is 13.8 Å². The number of imide groups is 2. The minimum absolute atomic E-state index is 0.0402. The van der Waals surface area contributed by atoms with Crippen molar-refractivity contribution in [3.8, 4) is 17.2 Å². The van der Waals surface area contributed by atoms with Gasteiger partial charge in [-0.05, 0) is 70.7 Å². The number of nitrogens with zero attached hydrogens (tertiary/aromatic N) is 1. The van der Waals surface area contributed by atoms with Gasteiger partial charge in [0, 0.05) is 0 Å². The van der Waals surface area contributed by atoms with Crippen molar-refractivity contribution in [2.24, 2.45) is 0 Å². The molecule has 0 bridgehead atoms. The number of nitrogens with one attached hydrogen (secondary N) is 1. The Morgan fingerprint density at radius 2 is 1.77 bits per heavy atom. The van der Waals surface area contributed by atoms with Gasteiger partial charge >= 0.3 is 6.03 Å². The Kier molecular flexibility index (Phi) is 9.08. The van der Waals surface area contributed by atoms with E-state index in [0.717, 1.165) is 11.3 Å². The fourth-order valence-corrected chi connectivity index (χ4v) is 3.82. The predicted octanol–water partition coefficient (Wildman–Crippen LogP) is 4.86. The zero-order chi connectivity index (χ0) is 25.4. The summed E-state index contributed by atoms with van der Waals surface area (Å²) in [6, 6.07) is 9.59. The Hall–Kier alpha value is -3.59. The molecule has 9 heteroatoms. The number of rotatable bonds is 11. The highest BCUT2D eigenvalue weighted by atomic mass is 79.9. The van der Waals surface area contributed by atoms with Crippen molar-refractivity contribution in [3.05, 3.63) is 70.2 Å². The molecule has 0 saturated carbocycles. The second-order valence-corrected chi connectivity index (χ2v) is 8.42. The quantitative estimate of drug-likeness (QED) is 0.247. The Balaban J connectivity index is 1.84. The van der Waals surface area contributed by atoms with Crippen molar-refractivity contribution in [2.45, 2.75) is 26.8 Å². The van der Waals surface area contributed by atoms with E-state index in [2.05, 4.69) is 27.8 Å². The third-order valence-electron chi connectivity index (χ3n) is 4.92. The van der Waals surface area contributed by atoms with E-state index in [1.54, 1.807) is 42.5 Å². The molecule has 0 aliphatic carbocycles. The van der Waals surface area contributed by atoms with Crippen LogP contribution in [0, 0.1) is 0 Å². The number of carbonyl (C=O) groups excluding carboxylic acids is 3. The zero-order valence-electron chi connectivity index (χ0n) is 19.6. The van der Waals surface area contributed by atoms with Gasteiger partial charge in [0.2, 0.25) is 0 Å². The maximum atomic E-state index is 13.1. The average Bonchev–Trinajstić information content (AvgIpc) is 2.83. The minimum atomic E-state index is -0.782. The number of hydrogen-bond donors (Lipinski definition) is 1. The largest absolute Gasteiger partial charge is 0.490 e. The van der Waals surface area contributed by atoms with Crippen molar-refractivity contribution >= 4 is 39.9 Å². The van der Waals surface area contributed by atoms with Crippen LogP contribution in [0.4, 0.5) is 4.79 Å². The molecule has 8 nitrogen and oxygen atoms in total. The lowest BCUT2D eigenvalue weighted by molar-refractivity contribution is -0.130. The van der Waals surface area contributed by atoms with Crippen LogP contribution in [-0.4, -0.2) is 42.6 Å². The number of urea groups is 1. The fraction of sp³-hybridized carbons (Fsp3) is 0.269. The van der Waals surface area contributed by atoms with Gasteiger partial charge in [0.25, 0.3) is 11.8 Å². The summed E-state index contributed by atoms with van der Waals surface area (Å²) in [5, 5.41) is 2.24. The second-order valence-electron chi connectivity index (χ2n) is 7.56. The number of hydrogen-bond acceptors (Lipinski definition) is 6. The summed E-state index contributed by atoms with van der Waals surface area (Å²) in [4.78, 5) is 39.1. The molecule has 0 atom stereocenters. The summed E-state index contributed by atoms with van der Waals surface area (Å²) in [5.74, 6) is 0.274. The van der Waals surface area contributed by atoms with E-state index in [-0.39, 0.29) is 12.1 Å². The highest BCUT2D eigenvalue weighted by molar-refractivity contribution is 9.10. The third-order valence-corrected chi connectivity index (χ3v) is 5.54. The van der Waals surface area contributed by atoms with Crippen molar-refractivity contribution in [2.75, 3.05) is 19.8 Å². The van der Waals surface area contributed by atoms with E-state index in [4.69, 9.17) is 14.2 Å². The molecular formula is C26H27BrN2O6. The van der Waals surface area contributed by atoms with Crippen LogP contribution in [0.5, 0.6) is 17.2 Å². The van der Waals surface area contributed by atoms with E-state index in [1.165, 1.54) is 6.08 Å². The molecule has 4 amide bonds. The van der Waals surface area contributed by atoms with Crippen molar-refractivity contribution in [1.82, 2.24) is 10.2 Å². The average molecular weight is 543 g/mol. The van der Waals surface area contributed by atoms with Gasteiger partial charge in [-0.3, -0.25) is 19.8 Å². The number of carbonyl (C=O) groups is 3. The molecule has 1 heterocycles. The van der Waals surface area contributed by atoms with Gasteiger partial charge in [-0.25, -0.2) is 4.79 Å². The van der Waals surface area contributed by atoms with Gasteiger partial charge in [0.1, 0.15) is 17.9 Å². The number of ether oxygens (including phenoxy) is 3. The lowest BCUT2D eigenvalue weighted by Gasteiger charge is -2.26. The fourth-order valence-electron chi connectivity index (χ4n) is 3.31. The predicted molar refractivity (Wildman–Crippen MR) is 135 cm³/mol. The molecular weight excluding hydrogens is 516 g/mol. The maximum absolute atomic E-state index is 13.1. The van der Waals surface area contributed by atoms with E-state index < -0.39 is 17.8 Å². The molecule has 2 aromatic carbocycles. The van der Waals surface area contributed by atoms with Gasteiger partial charge < -0.3 is 14.2 Å². The second kappa shape index (κ2) is 12.2. The Morgan fingerprint density at radius 3 is 2.46 bits per heavy atom. The Morgan fingerprint density at radius 1 is 1.00 bits per heavy atom. The van der Waals surface area contributed by atoms with Gasteiger partial charge in [0.05, 0.1) is 24.2 Å². The SMILES string of the molecule is C=CCOc1ccc(/C=C2\C(=O)NC(=O)N(Cc3ccc(OCCC)c(OCC)c3)C2=O)cc1Br. The lowest BCUT2D eigenvalue weighted by atomic mass is 10.1. The van der Waals surface area contributed by atoms with Crippen LogP contribution in [0.1, 0.15) is 31.4 Å². The molecule has 1 aliphatic heterocycles. The molecule has 3 rings (SSSR count). The van der Waals surface area contributed by atoms with Crippen molar-refractivity contribution < 1.29 is 28.6 Å². The number of barbiturate groups is 1. The number of amides is 4. The normalized spacial score (nSPS) is 14.7. The highest BCUT2D eigenvalue weighted by Crippen LogP contribution is 2.30. The Labute approximate surface area is 212 Å². The van der Waals surface area contributed by atoms with Gasteiger partial charge in [-0.1, -0.05) is 31.7 Å². The summed E-state index contributed by atoms with van der Waals surface area (Å²) in [6.45, 7) is 8.75. The summed E-state index contributed by atoms with van der Waals surface area (Å²) in [7, 11) is 0. The molecule has 0 spiro atoms. The van der Waals surface area contributed by atoms with Gasteiger partial charge in [0.15, 0.2) is 11.5 Å². The molecule has 2 aromatic rings. The van der Waals surface area contributed by atoms with Crippen LogP contribution in [-0.2, 0) is 16.1 Å². The molecule has 184 valence electrons. The number of halogens is 1.